The van der Waals surface area contributed by atoms with Crippen LogP contribution in [0.4, 0.5) is 0 Å². The summed E-state index contributed by atoms with van der Waals surface area (Å²) in [6.07, 6.45) is 1.07. The quantitative estimate of drug-likeness (QED) is 0.866. The number of hydrogen-bond acceptors (Lipinski definition) is 5. The molecule has 2 aromatic rings. The molecule has 0 aliphatic heterocycles. The minimum atomic E-state index is 0.437. The lowest BCUT2D eigenvalue weighted by molar-refractivity contribution is 0.414. The standard InChI is InChI=1S/C14H19N3O2/c1-4-10(2)15-9-13-16-17-14(19-13)11-6-5-7-12(8-11)18-3/h5-8,10,15H,4,9H2,1-3H3. The van der Waals surface area contributed by atoms with E-state index < -0.39 is 0 Å². The highest BCUT2D eigenvalue weighted by molar-refractivity contribution is 5.55. The second-order valence-electron chi connectivity index (χ2n) is 4.42. The first-order chi connectivity index (χ1) is 9.22. The molecular formula is C14H19N3O2. The van der Waals surface area contributed by atoms with Gasteiger partial charge in [0.25, 0.3) is 0 Å². The van der Waals surface area contributed by atoms with E-state index in [-0.39, 0.29) is 0 Å². The molecule has 0 spiro atoms. The van der Waals surface area contributed by atoms with E-state index in [1.54, 1.807) is 7.11 Å². The Morgan fingerprint density at radius 2 is 2.21 bits per heavy atom. The molecule has 0 saturated carbocycles. The van der Waals surface area contributed by atoms with Gasteiger partial charge in [0.15, 0.2) is 0 Å². The van der Waals surface area contributed by atoms with E-state index in [1.807, 2.05) is 24.3 Å². The summed E-state index contributed by atoms with van der Waals surface area (Å²) in [6, 6.07) is 8.01. The van der Waals surface area contributed by atoms with Crippen LogP contribution in [0.15, 0.2) is 28.7 Å². The SMILES string of the molecule is CCC(C)NCc1nnc(-c2cccc(OC)c2)o1. The molecular weight excluding hydrogens is 242 g/mol. The summed E-state index contributed by atoms with van der Waals surface area (Å²) in [5, 5.41) is 11.4. The molecule has 19 heavy (non-hydrogen) atoms. The van der Waals surface area contributed by atoms with Gasteiger partial charge in [-0.05, 0) is 31.5 Å². The second kappa shape index (κ2) is 6.33. The summed E-state index contributed by atoms with van der Waals surface area (Å²) in [5.41, 5.74) is 0.863. The molecule has 2 rings (SSSR count). The Balaban J connectivity index is 2.07. The third-order valence-corrected chi connectivity index (χ3v) is 3.00. The van der Waals surface area contributed by atoms with Crippen molar-refractivity contribution in [3.8, 4) is 17.2 Å². The maximum absolute atomic E-state index is 5.62. The number of ether oxygens (including phenoxy) is 1. The van der Waals surface area contributed by atoms with Crippen LogP contribution < -0.4 is 10.1 Å². The minimum Gasteiger partial charge on any atom is -0.497 e. The third-order valence-electron chi connectivity index (χ3n) is 3.00. The van der Waals surface area contributed by atoms with Crippen molar-refractivity contribution in [2.75, 3.05) is 7.11 Å². The maximum atomic E-state index is 5.62. The number of nitrogens with one attached hydrogen (secondary N) is 1. The van der Waals surface area contributed by atoms with E-state index in [9.17, 15) is 0 Å². The summed E-state index contributed by atoms with van der Waals surface area (Å²) in [4.78, 5) is 0. The van der Waals surface area contributed by atoms with Crippen molar-refractivity contribution in [3.63, 3.8) is 0 Å². The molecule has 1 aromatic heterocycles. The van der Waals surface area contributed by atoms with Gasteiger partial charge >= 0.3 is 0 Å². The molecule has 1 atom stereocenters. The molecule has 0 aliphatic rings. The molecule has 5 heteroatoms. The molecule has 0 radical (unpaired) electrons. The highest BCUT2D eigenvalue weighted by atomic mass is 16.5. The zero-order chi connectivity index (χ0) is 13.7. The van der Waals surface area contributed by atoms with Gasteiger partial charge < -0.3 is 14.5 Å². The number of hydrogen-bond donors (Lipinski definition) is 1. The summed E-state index contributed by atoms with van der Waals surface area (Å²) in [6.45, 7) is 4.85. The first kappa shape index (κ1) is 13.5. The lowest BCUT2D eigenvalue weighted by Crippen LogP contribution is -2.24. The van der Waals surface area contributed by atoms with Crippen LogP contribution in [0, 0.1) is 0 Å². The summed E-state index contributed by atoms with van der Waals surface area (Å²) < 4.78 is 10.8. The van der Waals surface area contributed by atoms with Crippen LogP contribution in [0.5, 0.6) is 5.75 Å². The van der Waals surface area contributed by atoms with Gasteiger partial charge in [-0.3, -0.25) is 0 Å². The van der Waals surface area contributed by atoms with Crippen LogP contribution in [0.25, 0.3) is 11.5 Å². The van der Waals surface area contributed by atoms with Gasteiger partial charge in [0.2, 0.25) is 11.8 Å². The van der Waals surface area contributed by atoms with Crippen molar-refractivity contribution in [1.29, 1.82) is 0 Å². The predicted molar refractivity (Wildman–Crippen MR) is 72.9 cm³/mol. The predicted octanol–water partition coefficient (Wildman–Crippen LogP) is 2.63. The second-order valence-corrected chi connectivity index (χ2v) is 4.42. The Morgan fingerprint density at radius 1 is 1.37 bits per heavy atom. The average molecular weight is 261 g/mol. The Morgan fingerprint density at radius 3 is 2.95 bits per heavy atom. The van der Waals surface area contributed by atoms with Crippen molar-refractivity contribution in [2.24, 2.45) is 0 Å². The molecule has 1 N–H and O–H groups in total. The minimum absolute atomic E-state index is 0.437. The first-order valence-corrected chi connectivity index (χ1v) is 6.43. The van der Waals surface area contributed by atoms with Crippen LogP contribution in [-0.2, 0) is 6.54 Å². The number of benzene rings is 1. The topological polar surface area (TPSA) is 60.2 Å². The van der Waals surface area contributed by atoms with Gasteiger partial charge in [-0.1, -0.05) is 13.0 Å². The van der Waals surface area contributed by atoms with Gasteiger partial charge in [0, 0.05) is 11.6 Å². The van der Waals surface area contributed by atoms with Gasteiger partial charge in [-0.25, -0.2) is 0 Å². The van der Waals surface area contributed by atoms with Crippen molar-refractivity contribution >= 4 is 0 Å². The molecule has 0 amide bonds. The van der Waals surface area contributed by atoms with E-state index in [0.717, 1.165) is 17.7 Å². The van der Waals surface area contributed by atoms with Gasteiger partial charge in [-0.15, -0.1) is 10.2 Å². The van der Waals surface area contributed by atoms with Crippen molar-refractivity contribution in [3.05, 3.63) is 30.2 Å². The monoisotopic (exact) mass is 261 g/mol. The van der Waals surface area contributed by atoms with Crippen LogP contribution in [0.2, 0.25) is 0 Å². The molecule has 5 nitrogen and oxygen atoms in total. The molecule has 0 aliphatic carbocycles. The average Bonchev–Trinajstić information content (AvgIpc) is 2.93. The third kappa shape index (κ3) is 3.54. The maximum Gasteiger partial charge on any atom is 0.247 e. The molecule has 102 valence electrons. The summed E-state index contributed by atoms with van der Waals surface area (Å²) in [7, 11) is 1.63. The number of nitrogens with zero attached hydrogens (tertiary/aromatic N) is 2. The van der Waals surface area contributed by atoms with E-state index in [4.69, 9.17) is 9.15 Å². The van der Waals surface area contributed by atoms with Crippen LogP contribution in [0.1, 0.15) is 26.2 Å². The highest BCUT2D eigenvalue weighted by Crippen LogP contribution is 2.22. The summed E-state index contributed by atoms with van der Waals surface area (Å²) >= 11 is 0. The fraction of sp³-hybridized carbons (Fsp3) is 0.429. The molecule has 0 bridgehead atoms. The highest BCUT2D eigenvalue weighted by Gasteiger charge is 2.09. The zero-order valence-electron chi connectivity index (χ0n) is 11.5. The number of aromatic nitrogens is 2. The van der Waals surface area contributed by atoms with E-state index in [2.05, 4.69) is 29.4 Å². The van der Waals surface area contributed by atoms with E-state index in [1.165, 1.54) is 0 Å². The fourth-order valence-electron chi connectivity index (χ4n) is 1.60. The lowest BCUT2D eigenvalue weighted by Gasteiger charge is -2.07. The summed E-state index contributed by atoms with van der Waals surface area (Å²) in [5.74, 6) is 1.88. The van der Waals surface area contributed by atoms with Crippen molar-refractivity contribution in [1.82, 2.24) is 15.5 Å². The number of methoxy groups -OCH3 is 1. The van der Waals surface area contributed by atoms with Gasteiger partial charge in [0.05, 0.1) is 13.7 Å². The molecule has 1 heterocycles. The van der Waals surface area contributed by atoms with E-state index in [0.29, 0.717) is 24.4 Å². The number of rotatable bonds is 6. The zero-order valence-corrected chi connectivity index (χ0v) is 11.5. The Labute approximate surface area is 113 Å². The molecule has 1 unspecified atom stereocenters. The van der Waals surface area contributed by atoms with Crippen molar-refractivity contribution in [2.45, 2.75) is 32.9 Å². The first-order valence-electron chi connectivity index (χ1n) is 6.43. The lowest BCUT2D eigenvalue weighted by atomic mass is 10.2. The Kier molecular flexibility index (Phi) is 4.52. The van der Waals surface area contributed by atoms with Crippen molar-refractivity contribution < 1.29 is 9.15 Å². The normalized spacial score (nSPS) is 12.4. The van der Waals surface area contributed by atoms with Gasteiger partial charge in [-0.2, -0.15) is 0 Å². The molecule has 1 aromatic carbocycles. The van der Waals surface area contributed by atoms with Crippen LogP contribution in [0.3, 0.4) is 0 Å². The van der Waals surface area contributed by atoms with Gasteiger partial charge in [0.1, 0.15) is 5.75 Å². The smallest absolute Gasteiger partial charge is 0.247 e. The van der Waals surface area contributed by atoms with E-state index >= 15 is 0 Å². The Bertz CT molecular complexity index is 525. The fourth-order valence-corrected chi connectivity index (χ4v) is 1.60. The molecule has 0 saturated heterocycles. The van der Waals surface area contributed by atoms with Crippen LogP contribution in [-0.4, -0.2) is 23.3 Å². The molecule has 0 fully saturated rings. The Hall–Kier alpha value is -1.88. The largest absolute Gasteiger partial charge is 0.497 e. The van der Waals surface area contributed by atoms with Crippen LogP contribution >= 0.6 is 0 Å².